The van der Waals surface area contributed by atoms with Crippen molar-refractivity contribution in [2.45, 2.75) is 58.7 Å². The Morgan fingerprint density at radius 3 is 2.39 bits per heavy atom. The van der Waals surface area contributed by atoms with Gasteiger partial charge in [0.1, 0.15) is 23.7 Å². The van der Waals surface area contributed by atoms with Crippen molar-refractivity contribution in [3.05, 3.63) is 82.1 Å². The summed E-state index contributed by atoms with van der Waals surface area (Å²) in [5.74, 6) is 0.111. The third kappa shape index (κ3) is 8.37. The van der Waals surface area contributed by atoms with E-state index in [-0.39, 0.29) is 12.3 Å². The Morgan fingerprint density at radius 2 is 1.68 bits per heavy atom. The van der Waals surface area contributed by atoms with E-state index in [1.807, 2.05) is 89.2 Å². The van der Waals surface area contributed by atoms with Gasteiger partial charge in [-0.2, -0.15) is 0 Å². The second kappa shape index (κ2) is 12.5. The molecule has 3 amide bonds. The van der Waals surface area contributed by atoms with Gasteiger partial charge in [0.05, 0.1) is 16.0 Å². The van der Waals surface area contributed by atoms with Crippen LogP contribution in [0.1, 0.15) is 61.5 Å². The number of fused-ring (bicyclic) bond motifs is 1. The van der Waals surface area contributed by atoms with Crippen molar-refractivity contribution >= 4 is 40.5 Å². The van der Waals surface area contributed by atoms with Gasteiger partial charge in [-0.15, -0.1) is 11.3 Å². The number of para-hydroxylation sites is 2. The molecule has 0 fully saturated rings. The van der Waals surface area contributed by atoms with Crippen LogP contribution < -0.4 is 5.32 Å². The fourth-order valence-electron chi connectivity index (χ4n) is 4.06. The smallest absolute Gasteiger partial charge is 0.414 e. The molecule has 11 heteroatoms. The second-order valence-corrected chi connectivity index (χ2v) is 12.2. The van der Waals surface area contributed by atoms with Gasteiger partial charge in [-0.25, -0.2) is 19.6 Å². The van der Waals surface area contributed by atoms with Crippen LogP contribution in [-0.4, -0.2) is 56.6 Å². The molecule has 4 aromatic rings. The number of alkyl carbamates (subject to hydrolysis) is 1. The Kier molecular flexibility index (Phi) is 9.07. The first-order chi connectivity index (χ1) is 19.4. The molecule has 0 radical (unpaired) electrons. The minimum absolute atomic E-state index is 0.0488. The summed E-state index contributed by atoms with van der Waals surface area (Å²) in [6.07, 6.45) is -0.902. The molecule has 2 aromatic carbocycles. The van der Waals surface area contributed by atoms with E-state index in [2.05, 4.69) is 15.3 Å². The number of hydrogen-bond donors (Lipinski definition) is 2. The summed E-state index contributed by atoms with van der Waals surface area (Å²) >= 11 is 1.28. The van der Waals surface area contributed by atoms with Crippen LogP contribution >= 0.6 is 11.3 Å². The van der Waals surface area contributed by atoms with Gasteiger partial charge in [0.15, 0.2) is 0 Å². The monoisotopic (exact) mass is 577 g/mol. The number of nitrogens with one attached hydrogen (secondary N) is 2. The van der Waals surface area contributed by atoms with E-state index >= 15 is 0 Å². The molecule has 0 saturated carbocycles. The van der Waals surface area contributed by atoms with Crippen molar-refractivity contribution in [3.8, 4) is 0 Å². The number of H-pyrrole nitrogens is 1. The SMILES string of the molecule is CC(C)(C)OC(=O)N(CCc1nc(C(=O)NC(=O)OCc2ccccc2)cs1)CC(C)(C)c1nc2ccccc2[nH]1. The average Bonchev–Trinajstić information content (AvgIpc) is 3.57. The lowest BCUT2D eigenvalue weighted by Crippen LogP contribution is -2.44. The van der Waals surface area contributed by atoms with Gasteiger partial charge in [0.25, 0.3) is 5.91 Å². The van der Waals surface area contributed by atoms with Gasteiger partial charge < -0.3 is 19.4 Å². The maximum Gasteiger partial charge on any atom is 0.414 e. The summed E-state index contributed by atoms with van der Waals surface area (Å²) in [5.41, 5.74) is 1.52. The molecule has 0 aliphatic rings. The first-order valence-electron chi connectivity index (χ1n) is 13.3. The fraction of sp³-hybridized carbons (Fsp3) is 0.367. The molecule has 0 aliphatic carbocycles. The van der Waals surface area contributed by atoms with E-state index in [0.29, 0.717) is 24.5 Å². The van der Waals surface area contributed by atoms with Gasteiger partial charge in [-0.05, 0) is 38.5 Å². The molecule has 2 aromatic heterocycles. The number of carbonyl (C=O) groups excluding carboxylic acids is 3. The molecule has 0 unspecified atom stereocenters. The molecule has 0 bridgehead atoms. The molecule has 216 valence electrons. The predicted octanol–water partition coefficient (Wildman–Crippen LogP) is 5.84. The minimum Gasteiger partial charge on any atom is -0.444 e. The summed E-state index contributed by atoms with van der Waals surface area (Å²) < 4.78 is 10.8. The Balaban J connectivity index is 1.39. The predicted molar refractivity (Wildman–Crippen MR) is 157 cm³/mol. The Hall–Kier alpha value is -4.25. The highest BCUT2D eigenvalue weighted by Gasteiger charge is 2.32. The maximum absolute atomic E-state index is 13.2. The normalized spacial score (nSPS) is 11.7. The molecule has 41 heavy (non-hydrogen) atoms. The van der Waals surface area contributed by atoms with Gasteiger partial charge >= 0.3 is 12.2 Å². The lowest BCUT2D eigenvalue weighted by molar-refractivity contribution is 0.0214. The van der Waals surface area contributed by atoms with Crippen molar-refractivity contribution < 1.29 is 23.9 Å². The van der Waals surface area contributed by atoms with E-state index < -0.39 is 29.1 Å². The lowest BCUT2D eigenvalue weighted by Gasteiger charge is -2.33. The van der Waals surface area contributed by atoms with Crippen molar-refractivity contribution in [2.24, 2.45) is 0 Å². The quantitative estimate of drug-likeness (QED) is 0.256. The Morgan fingerprint density at radius 1 is 0.976 bits per heavy atom. The number of imidazole rings is 1. The molecule has 0 saturated heterocycles. The maximum atomic E-state index is 13.2. The summed E-state index contributed by atoms with van der Waals surface area (Å²) in [5, 5.41) is 4.41. The standard InChI is InChI=1S/C30H35N5O5S/c1-29(2,3)40-28(38)35(19-30(4,5)26-32-21-13-9-10-14-22(21)33-26)16-15-24-31-23(18-41-24)25(36)34-27(37)39-17-20-11-7-6-8-12-20/h6-14,18H,15-17,19H2,1-5H3,(H,32,33)(H,34,36,37). The van der Waals surface area contributed by atoms with Crippen molar-refractivity contribution in [3.63, 3.8) is 0 Å². The number of hydrogen-bond acceptors (Lipinski definition) is 8. The number of benzene rings is 2. The molecule has 0 spiro atoms. The number of amides is 3. The first kappa shape index (κ1) is 29.7. The number of rotatable bonds is 9. The summed E-state index contributed by atoms with van der Waals surface area (Å²) in [7, 11) is 0. The summed E-state index contributed by atoms with van der Waals surface area (Å²) in [6.45, 7) is 10.2. The van der Waals surface area contributed by atoms with Gasteiger partial charge in [0, 0.05) is 30.3 Å². The van der Waals surface area contributed by atoms with E-state index in [0.717, 1.165) is 22.4 Å². The second-order valence-electron chi connectivity index (χ2n) is 11.3. The Bertz CT molecular complexity index is 1470. The largest absolute Gasteiger partial charge is 0.444 e. The highest BCUT2D eigenvalue weighted by Crippen LogP contribution is 2.26. The van der Waals surface area contributed by atoms with Crippen LogP contribution in [0.2, 0.25) is 0 Å². The zero-order valence-corrected chi connectivity index (χ0v) is 24.7. The van der Waals surface area contributed by atoms with Gasteiger partial charge in [-0.3, -0.25) is 10.1 Å². The third-order valence-electron chi connectivity index (χ3n) is 6.08. The van der Waals surface area contributed by atoms with Crippen LogP contribution in [0, 0.1) is 0 Å². The van der Waals surface area contributed by atoms with Gasteiger partial charge in [-0.1, -0.05) is 56.3 Å². The molecule has 10 nitrogen and oxygen atoms in total. The van der Waals surface area contributed by atoms with Crippen molar-refractivity contribution in [1.29, 1.82) is 0 Å². The molecule has 4 rings (SSSR count). The van der Waals surface area contributed by atoms with Crippen LogP contribution in [0.3, 0.4) is 0 Å². The highest BCUT2D eigenvalue weighted by atomic mass is 32.1. The van der Waals surface area contributed by atoms with Gasteiger partial charge in [0.2, 0.25) is 0 Å². The number of nitrogens with zero attached hydrogens (tertiary/aromatic N) is 3. The van der Waals surface area contributed by atoms with Crippen molar-refractivity contribution in [2.75, 3.05) is 13.1 Å². The van der Waals surface area contributed by atoms with E-state index in [1.54, 1.807) is 10.3 Å². The topological polar surface area (TPSA) is 127 Å². The number of thiazole rings is 1. The van der Waals surface area contributed by atoms with Crippen LogP contribution in [0.25, 0.3) is 11.0 Å². The highest BCUT2D eigenvalue weighted by molar-refractivity contribution is 7.09. The number of aromatic amines is 1. The number of imide groups is 1. The van der Waals surface area contributed by atoms with Crippen LogP contribution in [0.15, 0.2) is 60.0 Å². The number of carbonyl (C=O) groups is 3. The molecule has 0 atom stereocenters. The zero-order valence-electron chi connectivity index (χ0n) is 23.9. The lowest BCUT2D eigenvalue weighted by atomic mass is 9.91. The minimum atomic E-state index is -0.850. The molecular weight excluding hydrogens is 542 g/mol. The third-order valence-corrected chi connectivity index (χ3v) is 6.99. The zero-order chi connectivity index (χ0) is 29.6. The molecule has 2 heterocycles. The first-order valence-corrected chi connectivity index (χ1v) is 14.2. The number of aromatic nitrogens is 3. The number of ether oxygens (including phenoxy) is 2. The van der Waals surface area contributed by atoms with E-state index in [4.69, 9.17) is 14.5 Å². The summed E-state index contributed by atoms with van der Waals surface area (Å²) in [6, 6.07) is 17.0. The van der Waals surface area contributed by atoms with E-state index in [9.17, 15) is 14.4 Å². The Labute approximate surface area is 243 Å². The van der Waals surface area contributed by atoms with Crippen LogP contribution in [0.4, 0.5) is 9.59 Å². The molecular formula is C30H35N5O5S. The fourth-order valence-corrected chi connectivity index (χ4v) is 4.83. The van der Waals surface area contributed by atoms with Crippen molar-refractivity contribution in [1.82, 2.24) is 25.2 Å². The van der Waals surface area contributed by atoms with Crippen LogP contribution in [-0.2, 0) is 27.9 Å². The molecule has 2 N–H and O–H groups in total. The summed E-state index contributed by atoms with van der Waals surface area (Å²) in [4.78, 5) is 51.9. The van der Waals surface area contributed by atoms with E-state index in [1.165, 1.54) is 11.3 Å². The van der Waals surface area contributed by atoms with Crippen LogP contribution in [0.5, 0.6) is 0 Å². The average molecular weight is 578 g/mol. The molecule has 0 aliphatic heterocycles.